The normalized spacial score (nSPS) is 14.0. The molecule has 0 saturated carbocycles. The van der Waals surface area contributed by atoms with E-state index in [2.05, 4.69) is 39.5 Å². The standard InChI is InChI=1S/C22H21N5/c23-16-18-13-21(26-22(14-18)27-10-8-24-9-11-27)19-6-7-25-20(15-19)12-17-4-2-1-3-5-17/h1-7,13-15,24H,8-12H2. The molecule has 0 unspecified atom stereocenters. The minimum absolute atomic E-state index is 0.634. The maximum atomic E-state index is 9.46. The molecule has 0 bridgehead atoms. The number of pyridine rings is 2. The Hall–Kier alpha value is -3.23. The van der Waals surface area contributed by atoms with E-state index in [0.29, 0.717) is 5.56 Å². The van der Waals surface area contributed by atoms with Gasteiger partial charge in [-0.05, 0) is 29.8 Å². The van der Waals surface area contributed by atoms with Gasteiger partial charge in [-0.3, -0.25) is 4.98 Å². The van der Waals surface area contributed by atoms with Crippen molar-refractivity contribution in [3.05, 3.63) is 77.6 Å². The summed E-state index contributed by atoms with van der Waals surface area (Å²) in [6, 6.07) is 20.3. The second kappa shape index (κ2) is 7.98. The summed E-state index contributed by atoms with van der Waals surface area (Å²) in [6.45, 7) is 3.67. The first kappa shape index (κ1) is 17.2. The number of benzene rings is 1. The van der Waals surface area contributed by atoms with Gasteiger partial charge in [-0.2, -0.15) is 5.26 Å². The molecule has 1 saturated heterocycles. The Morgan fingerprint density at radius 3 is 2.63 bits per heavy atom. The number of rotatable bonds is 4. The second-order valence-corrected chi connectivity index (χ2v) is 6.65. The molecule has 0 atom stereocenters. The third-order valence-corrected chi connectivity index (χ3v) is 4.72. The number of hydrogen-bond acceptors (Lipinski definition) is 5. The summed E-state index contributed by atoms with van der Waals surface area (Å²) in [5, 5.41) is 12.8. The molecule has 5 heteroatoms. The van der Waals surface area contributed by atoms with E-state index in [9.17, 15) is 5.26 Å². The van der Waals surface area contributed by atoms with Gasteiger partial charge in [0.25, 0.3) is 0 Å². The van der Waals surface area contributed by atoms with Crippen LogP contribution in [0, 0.1) is 11.3 Å². The van der Waals surface area contributed by atoms with Crippen molar-refractivity contribution in [1.29, 1.82) is 5.26 Å². The number of aromatic nitrogens is 2. The molecule has 5 nitrogen and oxygen atoms in total. The fourth-order valence-corrected chi connectivity index (χ4v) is 3.32. The van der Waals surface area contributed by atoms with Crippen LogP contribution in [0.5, 0.6) is 0 Å². The number of anilines is 1. The monoisotopic (exact) mass is 355 g/mol. The van der Waals surface area contributed by atoms with Crippen molar-refractivity contribution < 1.29 is 0 Å². The molecule has 27 heavy (non-hydrogen) atoms. The highest BCUT2D eigenvalue weighted by Crippen LogP contribution is 2.24. The van der Waals surface area contributed by atoms with E-state index in [1.54, 1.807) is 0 Å². The Kier molecular flexibility index (Phi) is 5.08. The number of nitriles is 1. The summed E-state index contributed by atoms with van der Waals surface area (Å²) >= 11 is 0. The summed E-state index contributed by atoms with van der Waals surface area (Å²) in [7, 11) is 0. The molecule has 1 fully saturated rings. The molecule has 0 amide bonds. The van der Waals surface area contributed by atoms with Crippen LogP contribution in [0.3, 0.4) is 0 Å². The average molecular weight is 355 g/mol. The first-order valence-corrected chi connectivity index (χ1v) is 9.19. The number of nitrogens with zero attached hydrogens (tertiary/aromatic N) is 4. The lowest BCUT2D eigenvalue weighted by molar-refractivity contribution is 0.585. The SMILES string of the molecule is N#Cc1cc(-c2ccnc(Cc3ccccc3)c2)nc(N2CCNCC2)c1. The highest BCUT2D eigenvalue weighted by Gasteiger charge is 2.14. The fraction of sp³-hybridized carbons (Fsp3) is 0.227. The molecular formula is C22H21N5. The van der Waals surface area contributed by atoms with Gasteiger partial charge >= 0.3 is 0 Å². The Bertz CT molecular complexity index is 956. The summed E-state index contributed by atoms with van der Waals surface area (Å²) in [4.78, 5) is 11.6. The van der Waals surface area contributed by atoms with Crippen LogP contribution in [0.1, 0.15) is 16.8 Å². The van der Waals surface area contributed by atoms with Gasteiger partial charge in [0.15, 0.2) is 0 Å². The van der Waals surface area contributed by atoms with Crippen molar-refractivity contribution in [3.8, 4) is 17.3 Å². The number of piperazine rings is 1. The highest BCUT2D eigenvalue weighted by molar-refractivity contribution is 5.64. The molecule has 0 radical (unpaired) electrons. The van der Waals surface area contributed by atoms with Crippen LogP contribution in [0.15, 0.2) is 60.8 Å². The van der Waals surface area contributed by atoms with Gasteiger partial charge in [-0.1, -0.05) is 30.3 Å². The molecule has 2 aromatic heterocycles. The predicted molar refractivity (Wildman–Crippen MR) is 107 cm³/mol. The minimum Gasteiger partial charge on any atom is -0.354 e. The molecule has 3 aromatic rings. The maximum absolute atomic E-state index is 9.46. The minimum atomic E-state index is 0.634. The van der Waals surface area contributed by atoms with Crippen LogP contribution in [0.4, 0.5) is 5.82 Å². The first-order chi connectivity index (χ1) is 13.3. The zero-order valence-corrected chi connectivity index (χ0v) is 15.1. The zero-order chi connectivity index (χ0) is 18.5. The summed E-state index contributed by atoms with van der Waals surface area (Å²) in [5.41, 5.74) is 4.66. The first-order valence-electron chi connectivity index (χ1n) is 9.19. The average Bonchev–Trinajstić information content (AvgIpc) is 2.75. The third kappa shape index (κ3) is 4.13. The lowest BCUT2D eigenvalue weighted by Gasteiger charge is -2.28. The molecular weight excluding hydrogens is 334 g/mol. The van der Waals surface area contributed by atoms with E-state index >= 15 is 0 Å². The van der Waals surface area contributed by atoms with E-state index in [1.165, 1.54) is 5.56 Å². The van der Waals surface area contributed by atoms with E-state index in [1.807, 2.05) is 42.6 Å². The van der Waals surface area contributed by atoms with Gasteiger partial charge in [-0.15, -0.1) is 0 Å². The van der Waals surface area contributed by atoms with Gasteiger partial charge < -0.3 is 10.2 Å². The van der Waals surface area contributed by atoms with Crippen LogP contribution < -0.4 is 10.2 Å². The second-order valence-electron chi connectivity index (χ2n) is 6.65. The molecule has 1 aromatic carbocycles. The molecule has 0 spiro atoms. The smallest absolute Gasteiger partial charge is 0.130 e. The van der Waals surface area contributed by atoms with Crippen molar-refractivity contribution in [1.82, 2.24) is 15.3 Å². The molecule has 134 valence electrons. The van der Waals surface area contributed by atoms with Crippen LogP contribution >= 0.6 is 0 Å². The van der Waals surface area contributed by atoms with Crippen molar-refractivity contribution >= 4 is 5.82 Å². The van der Waals surface area contributed by atoms with Crippen LogP contribution in [-0.4, -0.2) is 36.1 Å². The van der Waals surface area contributed by atoms with Crippen molar-refractivity contribution in [2.24, 2.45) is 0 Å². The fourth-order valence-electron chi connectivity index (χ4n) is 3.32. The Morgan fingerprint density at radius 2 is 1.85 bits per heavy atom. The Balaban J connectivity index is 1.66. The molecule has 0 aliphatic carbocycles. The Morgan fingerprint density at radius 1 is 1.04 bits per heavy atom. The van der Waals surface area contributed by atoms with Gasteiger partial charge in [0.1, 0.15) is 5.82 Å². The lowest BCUT2D eigenvalue weighted by Crippen LogP contribution is -2.43. The summed E-state index contributed by atoms with van der Waals surface area (Å²) in [6.07, 6.45) is 2.59. The highest BCUT2D eigenvalue weighted by atomic mass is 15.2. The zero-order valence-electron chi connectivity index (χ0n) is 15.1. The molecule has 1 N–H and O–H groups in total. The molecule has 3 heterocycles. The Labute approximate surface area is 159 Å². The predicted octanol–water partition coefficient (Wildman–Crippen LogP) is 3.02. The van der Waals surface area contributed by atoms with Crippen LogP contribution in [-0.2, 0) is 6.42 Å². The quantitative estimate of drug-likeness (QED) is 0.779. The van der Waals surface area contributed by atoms with Crippen molar-refractivity contribution in [2.75, 3.05) is 31.1 Å². The van der Waals surface area contributed by atoms with Gasteiger partial charge in [0.05, 0.1) is 17.3 Å². The van der Waals surface area contributed by atoms with Crippen LogP contribution in [0.25, 0.3) is 11.3 Å². The van der Waals surface area contributed by atoms with E-state index < -0.39 is 0 Å². The molecule has 4 rings (SSSR count). The number of hydrogen-bond donors (Lipinski definition) is 1. The third-order valence-electron chi connectivity index (χ3n) is 4.72. The number of nitrogens with one attached hydrogen (secondary N) is 1. The van der Waals surface area contributed by atoms with Crippen molar-refractivity contribution in [2.45, 2.75) is 6.42 Å². The van der Waals surface area contributed by atoms with Crippen molar-refractivity contribution in [3.63, 3.8) is 0 Å². The van der Waals surface area contributed by atoms with E-state index in [0.717, 1.165) is 55.4 Å². The topological polar surface area (TPSA) is 64.8 Å². The van der Waals surface area contributed by atoms with E-state index in [-0.39, 0.29) is 0 Å². The summed E-state index contributed by atoms with van der Waals surface area (Å²) < 4.78 is 0. The van der Waals surface area contributed by atoms with Gasteiger partial charge in [0, 0.05) is 50.1 Å². The molecule has 1 aliphatic rings. The lowest BCUT2D eigenvalue weighted by atomic mass is 10.1. The van der Waals surface area contributed by atoms with Crippen LogP contribution in [0.2, 0.25) is 0 Å². The maximum Gasteiger partial charge on any atom is 0.130 e. The van der Waals surface area contributed by atoms with Gasteiger partial charge in [0.2, 0.25) is 0 Å². The van der Waals surface area contributed by atoms with E-state index in [4.69, 9.17) is 4.98 Å². The van der Waals surface area contributed by atoms with Gasteiger partial charge in [-0.25, -0.2) is 4.98 Å². The largest absolute Gasteiger partial charge is 0.354 e. The summed E-state index contributed by atoms with van der Waals surface area (Å²) in [5.74, 6) is 0.868. The molecule has 1 aliphatic heterocycles.